The van der Waals surface area contributed by atoms with Crippen LogP contribution in [0.15, 0.2) is 0 Å². The van der Waals surface area contributed by atoms with Crippen LogP contribution in [-0.2, 0) is 0 Å². The smallest absolute Gasteiger partial charge is 0.328 e. The molecule has 2 aliphatic rings. The summed E-state index contributed by atoms with van der Waals surface area (Å²) in [6.07, 6.45) is 3.99. The Balaban J connectivity index is 1.82. The van der Waals surface area contributed by atoms with Gasteiger partial charge in [0, 0.05) is 13.0 Å². The van der Waals surface area contributed by atoms with Crippen LogP contribution >= 0.6 is 11.3 Å². The highest BCUT2D eigenvalue weighted by Crippen LogP contribution is 2.38. The number of aliphatic hydroxyl groups excluding tert-OH is 1. The maximum atomic E-state index is 11.9. The van der Waals surface area contributed by atoms with E-state index in [1.807, 2.05) is 0 Å². The molecule has 1 unspecified atom stereocenters. The van der Waals surface area contributed by atoms with Crippen molar-refractivity contribution in [2.75, 3.05) is 18.5 Å². The molecule has 0 radical (unpaired) electrons. The predicted molar refractivity (Wildman–Crippen MR) is 67.6 cm³/mol. The first-order chi connectivity index (χ1) is 8.66. The number of aliphatic hydroxyl groups is 1. The lowest BCUT2D eigenvalue weighted by molar-refractivity contribution is 0.183. The van der Waals surface area contributed by atoms with Crippen molar-refractivity contribution in [1.82, 2.24) is 15.1 Å². The molecule has 1 aromatic rings. The van der Waals surface area contributed by atoms with Gasteiger partial charge in [-0.15, -0.1) is 10.2 Å². The fourth-order valence-corrected chi connectivity index (χ4v) is 3.64. The van der Waals surface area contributed by atoms with Crippen molar-refractivity contribution in [1.29, 1.82) is 0 Å². The van der Waals surface area contributed by atoms with Crippen LogP contribution in [0.25, 0.3) is 0 Å². The van der Waals surface area contributed by atoms with E-state index in [4.69, 9.17) is 0 Å². The maximum absolute atomic E-state index is 11.9. The first-order valence-electron chi connectivity index (χ1n) is 6.22. The summed E-state index contributed by atoms with van der Waals surface area (Å²) in [7, 11) is 1.67. The van der Waals surface area contributed by atoms with Crippen LogP contribution in [0.4, 0.5) is 9.93 Å². The van der Waals surface area contributed by atoms with E-state index in [1.165, 1.54) is 34.0 Å². The molecule has 0 spiro atoms. The van der Waals surface area contributed by atoms with Gasteiger partial charge in [-0.1, -0.05) is 24.2 Å². The van der Waals surface area contributed by atoms with Crippen molar-refractivity contribution >= 4 is 22.5 Å². The zero-order valence-electron chi connectivity index (χ0n) is 10.2. The molecule has 18 heavy (non-hydrogen) atoms. The summed E-state index contributed by atoms with van der Waals surface area (Å²) in [5.74, 6) is 0.490. The summed E-state index contributed by atoms with van der Waals surface area (Å²) >= 11 is 1.43. The van der Waals surface area contributed by atoms with Gasteiger partial charge in [0.05, 0.1) is 6.54 Å². The number of rotatable bonds is 2. The maximum Gasteiger partial charge on any atom is 0.328 e. The number of β-amino-alcohol motifs (C(OH)–C–C–N with tert-alkyl or cyclic N) is 1. The van der Waals surface area contributed by atoms with Gasteiger partial charge in [-0.05, 0) is 12.8 Å². The molecule has 7 heteroatoms. The highest BCUT2D eigenvalue weighted by molar-refractivity contribution is 7.15. The summed E-state index contributed by atoms with van der Waals surface area (Å²) in [6, 6.07) is -0.211. The van der Waals surface area contributed by atoms with Crippen LogP contribution in [0.2, 0.25) is 0 Å². The third-order valence-corrected chi connectivity index (χ3v) is 4.69. The number of amides is 2. The van der Waals surface area contributed by atoms with E-state index in [9.17, 15) is 9.90 Å². The SMILES string of the molecule is CN1CC(O)N(c2nnc(C3CCCC3)s2)C1=O. The molecule has 0 aromatic carbocycles. The number of carbonyl (C=O) groups excluding carboxylic acids is 1. The zero-order chi connectivity index (χ0) is 12.7. The van der Waals surface area contributed by atoms with Crippen molar-refractivity contribution in [3.63, 3.8) is 0 Å². The second kappa shape index (κ2) is 4.47. The van der Waals surface area contributed by atoms with Gasteiger partial charge >= 0.3 is 6.03 Å². The molecule has 1 N–H and O–H groups in total. The first-order valence-corrected chi connectivity index (χ1v) is 7.04. The molecule has 2 amide bonds. The van der Waals surface area contributed by atoms with Gasteiger partial charge in [0.25, 0.3) is 0 Å². The normalized spacial score (nSPS) is 25.4. The number of nitrogens with zero attached hydrogens (tertiary/aromatic N) is 4. The largest absolute Gasteiger partial charge is 0.371 e. The second-order valence-corrected chi connectivity index (χ2v) is 5.91. The summed E-state index contributed by atoms with van der Waals surface area (Å²) < 4.78 is 0. The van der Waals surface area contributed by atoms with E-state index in [-0.39, 0.29) is 6.03 Å². The number of hydrogen-bond donors (Lipinski definition) is 1. The average Bonchev–Trinajstić information content (AvgIpc) is 3.01. The van der Waals surface area contributed by atoms with Gasteiger partial charge in [-0.2, -0.15) is 0 Å². The lowest BCUT2D eigenvalue weighted by Crippen LogP contribution is -2.34. The fraction of sp³-hybridized carbons (Fsp3) is 0.727. The van der Waals surface area contributed by atoms with E-state index in [0.29, 0.717) is 17.6 Å². The van der Waals surface area contributed by atoms with Crippen LogP contribution in [-0.4, -0.2) is 46.1 Å². The van der Waals surface area contributed by atoms with Gasteiger partial charge in [0.15, 0.2) is 6.23 Å². The number of likely N-dealkylation sites (N-methyl/N-ethyl adjacent to an activating group) is 1. The number of carbonyl (C=O) groups is 1. The Labute approximate surface area is 109 Å². The molecular formula is C11H16N4O2S. The molecule has 1 aliphatic carbocycles. The molecule has 1 atom stereocenters. The molecule has 2 heterocycles. The highest BCUT2D eigenvalue weighted by atomic mass is 32.1. The quantitative estimate of drug-likeness (QED) is 0.880. The standard InChI is InChI=1S/C11H16N4O2S/c1-14-6-8(16)15(11(14)17)10-13-12-9(18-10)7-4-2-3-5-7/h7-8,16H,2-6H2,1H3. The molecule has 1 saturated carbocycles. The Morgan fingerprint density at radius 1 is 1.33 bits per heavy atom. The fourth-order valence-electron chi connectivity index (χ4n) is 2.59. The van der Waals surface area contributed by atoms with Crippen molar-refractivity contribution in [3.05, 3.63) is 5.01 Å². The van der Waals surface area contributed by atoms with Crippen molar-refractivity contribution in [3.8, 4) is 0 Å². The van der Waals surface area contributed by atoms with Crippen molar-refractivity contribution < 1.29 is 9.90 Å². The van der Waals surface area contributed by atoms with Gasteiger partial charge in [0.2, 0.25) is 5.13 Å². The van der Waals surface area contributed by atoms with Crippen molar-refractivity contribution in [2.45, 2.75) is 37.8 Å². The topological polar surface area (TPSA) is 69.6 Å². The molecular weight excluding hydrogens is 252 g/mol. The molecule has 3 rings (SSSR count). The average molecular weight is 268 g/mol. The zero-order valence-corrected chi connectivity index (χ0v) is 11.1. The van der Waals surface area contributed by atoms with Gasteiger partial charge < -0.3 is 10.0 Å². The second-order valence-electron chi connectivity index (χ2n) is 4.92. The molecule has 1 aromatic heterocycles. The van der Waals surface area contributed by atoms with E-state index in [2.05, 4.69) is 10.2 Å². The monoisotopic (exact) mass is 268 g/mol. The van der Waals surface area contributed by atoms with Gasteiger partial charge in [-0.3, -0.25) is 0 Å². The van der Waals surface area contributed by atoms with Crippen LogP contribution < -0.4 is 4.90 Å². The van der Waals surface area contributed by atoms with E-state index in [0.717, 1.165) is 17.8 Å². The summed E-state index contributed by atoms with van der Waals surface area (Å²) in [5.41, 5.74) is 0. The Morgan fingerprint density at radius 2 is 2.06 bits per heavy atom. The summed E-state index contributed by atoms with van der Waals surface area (Å²) in [4.78, 5) is 14.7. The third kappa shape index (κ3) is 1.87. The van der Waals surface area contributed by atoms with Crippen molar-refractivity contribution in [2.24, 2.45) is 0 Å². The molecule has 6 nitrogen and oxygen atoms in total. The number of urea groups is 1. The lowest BCUT2D eigenvalue weighted by Gasteiger charge is -2.14. The third-order valence-electron chi connectivity index (χ3n) is 3.61. The van der Waals surface area contributed by atoms with Crippen LogP contribution in [0.1, 0.15) is 36.6 Å². The number of hydrogen-bond acceptors (Lipinski definition) is 5. The molecule has 0 bridgehead atoms. The molecule has 1 saturated heterocycles. The summed E-state index contributed by atoms with van der Waals surface area (Å²) in [5, 5.41) is 19.6. The van der Waals surface area contributed by atoms with E-state index < -0.39 is 6.23 Å². The molecule has 2 fully saturated rings. The minimum atomic E-state index is -0.813. The molecule has 98 valence electrons. The van der Waals surface area contributed by atoms with Crippen LogP contribution in [0, 0.1) is 0 Å². The van der Waals surface area contributed by atoms with E-state index in [1.54, 1.807) is 7.05 Å². The predicted octanol–water partition coefficient (Wildman–Crippen LogP) is 1.39. The van der Waals surface area contributed by atoms with Gasteiger partial charge in [-0.25, -0.2) is 9.69 Å². The molecule has 1 aliphatic heterocycles. The Kier molecular flexibility index (Phi) is 2.95. The minimum Gasteiger partial charge on any atom is -0.371 e. The Bertz CT molecular complexity index is 458. The van der Waals surface area contributed by atoms with Crippen LogP contribution in [0.5, 0.6) is 0 Å². The number of anilines is 1. The Hall–Kier alpha value is -1.21. The highest BCUT2D eigenvalue weighted by Gasteiger charge is 2.37. The van der Waals surface area contributed by atoms with Gasteiger partial charge in [0.1, 0.15) is 5.01 Å². The summed E-state index contributed by atoms with van der Waals surface area (Å²) in [6.45, 7) is 0.317. The van der Waals surface area contributed by atoms with E-state index >= 15 is 0 Å². The van der Waals surface area contributed by atoms with Crippen LogP contribution in [0.3, 0.4) is 0 Å². The minimum absolute atomic E-state index is 0.211. The first kappa shape index (κ1) is 11.9. The Morgan fingerprint density at radius 3 is 2.67 bits per heavy atom. The lowest BCUT2D eigenvalue weighted by atomic mass is 10.1. The number of aromatic nitrogens is 2.